The van der Waals surface area contributed by atoms with Gasteiger partial charge in [0.05, 0.1) is 6.21 Å². The lowest BCUT2D eigenvalue weighted by atomic mass is 10.0. The summed E-state index contributed by atoms with van der Waals surface area (Å²) in [6.07, 6.45) is -0.170. The number of nitrogens with two attached hydrogens (primary N) is 1. The number of nitrogens with one attached hydrogen (secondary N) is 3. The molecule has 3 atom stereocenters. The van der Waals surface area contributed by atoms with Crippen molar-refractivity contribution in [2.75, 3.05) is 44.7 Å². The SMILES string of the molecule is CN(/N=C/C1=C(C(=O)O)N2C(=O)C(NC(=O)/C=N/OC(F)c3nsc(N)n3)C2SC1)C(=N)N1CCNCC1. The number of hydrazone groups is 1. The van der Waals surface area contributed by atoms with Crippen molar-refractivity contribution in [1.82, 2.24) is 34.8 Å². The Hall–Kier alpha value is -3.84. The van der Waals surface area contributed by atoms with Gasteiger partial charge in [0.2, 0.25) is 11.8 Å². The standard InChI is InChI=1S/C19H24FN11O5S2/c1-29(19(22)30-4-2-23-3-5-30)24-6-9-8-37-16-11(15(33)31(16)12(9)17(34)35)26-10(32)7-25-36-13(20)14-27-18(21)38-28-14/h6-7,11,13,16,22-23H,2-5,8H2,1H3,(H,26,32)(H,34,35)(H2,21,27,28)/b22-19?,24-6+,25-7+. The molecule has 2 fully saturated rings. The smallest absolute Gasteiger partial charge is 0.353 e. The fourth-order valence-corrected chi connectivity index (χ4v) is 5.49. The Kier molecular flexibility index (Phi) is 8.37. The van der Waals surface area contributed by atoms with Gasteiger partial charge in [-0.25, -0.2) is 9.80 Å². The lowest BCUT2D eigenvalue weighted by molar-refractivity contribution is -0.150. The third-order valence-corrected chi connectivity index (χ3v) is 7.45. The molecule has 0 radical (unpaired) electrons. The number of guanidine groups is 1. The van der Waals surface area contributed by atoms with E-state index in [0.717, 1.165) is 29.5 Å². The van der Waals surface area contributed by atoms with E-state index >= 15 is 0 Å². The van der Waals surface area contributed by atoms with Crippen LogP contribution in [0.1, 0.15) is 12.2 Å². The molecule has 0 aromatic carbocycles. The maximum absolute atomic E-state index is 13.8. The summed E-state index contributed by atoms with van der Waals surface area (Å²) in [6, 6.07) is -1.02. The van der Waals surface area contributed by atoms with Gasteiger partial charge in [-0.1, -0.05) is 5.16 Å². The number of aromatic nitrogens is 2. The second-order valence-electron chi connectivity index (χ2n) is 8.05. The largest absolute Gasteiger partial charge is 0.477 e. The van der Waals surface area contributed by atoms with Crippen LogP contribution in [0.3, 0.4) is 0 Å². The minimum absolute atomic E-state index is 0.0388. The number of hydrogen-bond donors (Lipinski definition) is 5. The number of oxime groups is 1. The Morgan fingerprint density at radius 2 is 2.18 bits per heavy atom. The van der Waals surface area contributed by atoms with Crippen LogP contribution in [-0.4, -0.2) is 116 Å². The van der Waals surface area contributed by atoms with Crippen molar-refractivity contribution >= 4 is 64.6 Å². The van der Waals surface area contributed by atoms with Crippen LogP contribution in [-0.2, 0) is 19.2 Å². The quantitative estimate of drug-likeness (QED) is 0.106. The number of amides is 2. The molecule has 0 spiro atoms. The summed E-state index contributed by atoms with van der Waals surface area (Å²) in [7, 11) is 1.58. The predicted molar refractivity (Wildman–Crippen MR) is 136 cm³/mol. The molecule has 2 amide bonds. The predicted octanol–water partition coefficient (Wildman–Crippen LogP) is -1.41. The van der Waals surface area contributed by atoms with Gasteiger partial charge in [0.1, 0.15) is 23.3 Å². The number of carbonyl (C=O) groups is 3. The topological polar surface area (TPSA) is 215 Å². The minimum atomic E-state index is -2.13. The highest BCUT2D eigenvalue weighted by molar-refractivity contribution is 8.00. The molecule has 0 bridgehead atoms. The number of rotatable bonds is 8. The number of hydrogen-bond acceptors (Lipinski definition) is 13. The zero-order valence-electron chi connectivity index (χ0n) is 19.9. The number of fused-ring (bicyclic) bond motifs is 1. The average Bonchev–Trinajstić information content (AvgIpc) is 3.35. The summed E-state index contributed by atoms with van der Waals surface area (Å²) in [5, 5.41) is 31.8. The van der Waals surface area contributed by atoms with E-state index < -0.39 is 35.6 Å². The fraction of sp³-hybridized carbons (Fsp3) is 0.474. The number of alkyl halides is 1. The first-order valence-electron chi connectivity index (χ1n) is 11.1. The molecule has 38 heavy (non-hydrogen) atoms. The second kappa shape index (κ2) is 11.7. The normalized spacial score (nSPS) is 22.3. The van der Waals surface area contributed by atoms with E-state index in [0.29, 0.717) is 19.3 Å². The molecule has 3 aliphatic rings. The molecule has 6 N–H and O–H groups in total. The first kappa shape index (κ1) is 27.2. The van der Waals surface area contributed by atoms with Crippen LogP contribution in [0, 0.1) is 5.41 Å². The number of halogens is 1. The average molecular weight is 570 g/mol. The molecule has 2 saturated heterocycles. The summed E-state index contributed by atoms with van der Waals surface area (Å²) in [6.45, 7) is 2.79. The first-order chi connectivity index (χ1) is 18.2. The Labute approximate surface area is 223 Å². The molecule has 4 heterocycles. The summed E-state index contributed by atoms with van der Waals surface area (Å²) in [5.74, 6) is -2.78. The van der Waals surface area contributed by atoms with Gasteiger partial charge in [0.25, 0.3) is 11.8 Å². The second-order valence-corrected chi connectivity index (χ2v) is 9.94. The van der Waals surface area contributed by atoms with Gasteiger partial charge in [-0.2, -0.15) is 18.8 Å². The molecule has 1 aromatic rings. The van der Waals surface area contributed by atoms with Crippen molar-refractivity contribution < 1.29 is 28.7 Å². The summed E-state index contributed by atoms with van der Waals surface area (Å²) < 4.78 is 17.5. The van der Waals surface area contributed by atoms with E-state index in [9.17, 15) is 23.9 Å². The lowest BCUT2D eigenvalue weighted by Crippen LogP contribution is -2.70. The number of piperazine rings is 1. The van der Waals surface area contributed by atoms with E-state index in [4.69, 9.17) is 11.1 Å². The van der Waals surface area contributed by atoms with Gasteiger partial charge in [0, 0.05) is 56.1 Å². The summed E-state index contributed by atoms with van der Waals surface area (Å²) in [5.41, 5.74) is 5.41. The maximum Gasteiger partial charge on any atom is 0.353 e. The molecule has 16 nitrogen and oxygen atoms in total. The van der Waals surface area contributed by atoms with Crippen LogP contribution >= 0.6 is 23.3 Å². The molecule has 204 valence electrons. The van der Waals surface area contributed by atoms with Crippen molar-refractivity contribution in [3.05, 3.63) is 17.1 Å². The van der Waals surface area contributed by atoms with E-state index in [-0.39, 0.29) is 33.9 Å². The van der Waals surface area contributed by atoms with Crippen molar-refractivity contribution in [3.63, 3.8) is 0 Å². The lowest BCUT2D eigenvalue weighted by Gasteiger charge is -2.49. The Balaban J connectivity index is 1.35. The Bertz CT molecular complexity index is 1200. The van der Waals surface area contributed by atoms with Crippen LogP contribution < -0.4 is 16.4 Å². The molecule has 0 saturated carbocycles. The number of nitrogens with zero attached hydrogens (tertiary/aromatic N) is 7. The van der Waals surface area contributed by atoms with Crippen molar-refractivity contribution in [2.24, 2.45) is 10.3 Å². The Morgan fingerprint density at radius 3 is 2.84 bits per heavy atom. The van der Waals surface area contributed by atoms with Crippen molar-refractivity contribution in [1.29, 1.82) is 5.41 Å². The van der Waals surface area contributed by atoms with Crippen molar-refractivity contribution in [3.8, 4) is 0 Å². The van der Waals surface area contributed by atoms with E-state index in [1.807, 2.05) is 4.90 Å². The summed E-state index contributed by atoms with van der Waals surface area (Å²) in [4.78, 5) is 47.9. The maximum atomic E-state index is 13.8. The third kappa shape index (κ3) is 5.83. The molecular formula is C19H24FN11O5S2. The van der Waals surface area contributed by atoms with Crippen LogP contribution in [0.25, 0.3) is 0 Å². The minimum Gasteiger partial charge on any atom is -0.477 e. The highest BCUT2D eigenvalue weighted by atomic mass is 32.2. The molecule has 3 aliphatic heterocycles. The molecule has 4 rings (SSSR count). The van der Waals surface area contributed by atoms with Crippen LogP contribution in [0.4, 0.5) is 9.52 Å². The zero-order valence-corrected chi connectivity index (χ0v) is 21.5. The van der Waals surface area contributed by atoms with Gasteiger partial charge in [0.15, 0.2) is 5.13 Å². The molecule has 3 unspecified atom stereocenters. The molecular weight excluding hydrogens is 545 g/mol. The fourth-order valence-electron chi connectivity index (χ4n) is 3.74. The number of β-lactam (4-membered cyclic amide) rings is 1. The highest BCUT2D eigenvalue weighted by Crippen LogP contribution is 2.39. The van der Waals surface area contributed by atoms with Gasteiger partial charge in [-0.15, -0.1) is 11.8 Å². The van der Waals surface area contributed by atoms with Gasteiger partial charge in [-0.3, -0.25) is 19.9 Å². The van der Waals surface area contributed by atoms with Gasteiger partial charge in [-0.05, 0) is 0 Å². The molecule has 0 aliphatic carbocycles. The van der Waals surface area contributed by atoms with Crippen LogP contribution in [0.2, 0.25) is 0 Å². The summed E-state index contributed by atoms with van der Waals surface area (Å²) >= 11 is 2.00. The monoisotopic (exact) mass is 569 g/mol. The number of carboxylic acid groups (broad SMARTS) is 1. The van der Waals surface area contributed by atoms with E-state index in [1.165, 1.54) is 23.0 Å². The van der Waals surface area contributed by atoms with Crippen LogP contribution in [0.15, 0.2) is 21.5 Å². The highest BCUT2D eigenvalue weighted by Gasteiger charge is 2.54. The number of anilines is 1. The zero-order chi connectivity index (χ0) is 27.4. The van der Waals surface area contributed by atoms with E-state index in [1.54, 1.807) is 7.05 Å². The Morgan fingerprint density at radius 1 is 1.45 bits per heavy atom. The number of carboxylic acids is 1. The number of aliphatic carboxylic acids is 1. The van der Waals surface area contributed by atoms with Gasteiger partial charge >= 0.3 is 12.3 Å². The van der Waals surface area contributed by atoms with Crippen LogP contribution in [0.5, 0.6) is 0 Å². The third-order valence-electron chi connectivity index (χ3n) is 5.59. The molecule has 19 heteroatoms. The van der Waals surface area contributed by atoms with Gasteiger partial charge < -0.3 is 31.2 Å². The van der Waals surface area contributed by atoms with E-state index in [2.05, 4.69) is 35.1 Å². The number of carbonyl (C=O) groups excluding carboxylic acids is 2. The number of thioether (sulfide) groups is 1. The first-order valence-corrected chi connectivity index (χ1v) is 13.0. The molecule has 1 aromatic heterocycles. The number of nitrogen functional groups attached to an aromatic ring is 1. The van der Waals surface area contributed by atoms with Crippen molar-refractivity contribution in [2.45, 2.75) is 17.8 Å².